The zero-order valence-corrected chi connectivity index (χ0v) is 20.6. The fraction of sp³-hybridized carbons (Fsp3) is 0.375. The summed E-state index contributed by atoms with van der Waals surface area (Å²) >= 11 is 5.03. The highest BCUT2D eigenvalue weighted by atomic mass is 79.9. The van der Waals surface area contributed by atoms with Crippen LogP contribution in [0.1, 0.15) is 42.3 Å². The lowest BCUT2D eigenvalue weighted by molar-refractivity contribution is -0.154. The van der Waals surface area contributed by atoms with Gasteiger partial charge >= 0.3 is 0 Å². The van der Waals surface area contributed by atoms with Crippen molar-refractivity contribution in [3.05, 3.63) is 63.6 Å². The lowest BCUT2D eigenvalue weighted by atomic mass is 9.96. The van der Waals surface area contributed by atoms with Gasteiger partial charge in [-0.15, -0.1) is 11.3 Å². The van der Waals surface area contributed by atoms with Crippen molar-refractivity contribution in [2.24, 2.45) is 0 Å². The molecule has 1 fully saturated rings. The highest BCUT2D eigenvalue weighted by Crippen LogP contribution is 2.34. The quantitative estimate of drug-likeness (QED) is 0.452. The number of fused-ring (bicyclic) bond motifs is 1. The van der Waals surface area contributed by atoms with E-state index in [-0.39, 0.29) is 12.0 Å². The number of likely N-dealkylation sites (tertiary alicyclic amines) is 1. The first kappa shape index (κ1) is 23.8. The van der Waals surface area contributed by atoms with Gasteiger partial charge < -0.3 is 20.4 Å². The topological polar surface area (TPSA) is 103 Å². The molecule has 1 aliphatic rings. The highest BCUT2D eigenvalue weighted by molar-refractivity contribution is 9.10. The number of rotatable bonds is 6. The van der Waals surface area contributed by atoms with Crippen molar-refractivity contribution in [2.45, 2.75) is 43.9 Å². The molecular weight excluding hydrogens is 506 g/mol. The number of hydrogen-bond acceptors (Lipinski definition) is 6. The Morgan fingerprint density at radius 1 is 1.09 bits per heavy atom. The number of piperidine rings is 1. The zero-order valence-electron chi connectivity index (χ0n) is 18.1. The summed E-state index contributed by atoms with van der Waals surface area (Å²) in [5, 5.41) is 24.4. The normalized spacial score (nSPS) is 17.5. The van der Waals surface area contributed by atoms with Gasteiger partial charge in [0.15, 0.2) is 12.2 Å². The Labute approximate surface area is 204 Å². The maximum atomic E-state index is 12.7. The molecule has 1 aromatic heterocycles. The second-order valence-electron chi connectivity index (χ2n) is 8.29. The van der Waals surface area contributed by atoms with E-state index in [9.17, 15) is 19.8 Å². The molecule has 2 aromatic carbocycles. The molecule has 33 heavy (non-hydrogen) atoms. The number of hydrogen-bond donors (Lipinski definition) is 3. The number of aliphatic hydroxyl groups excluding tert-OH is 2. The van der Waals surface area contributed by atoms with Gasteiger partial charge in [0.05, 0.1) is 21.3 Å². The lowest BCUT2D eigenvalue weighted by Gasteiger charge is -2.33. The molecule has 0 bridgehead atoms. The number of nitrogens with one attached hydrogen (secondary N) is 1. The largest absolute Gasteiger partial charge is 0.380 e. The molecular formula is C24H26BrN3O4S. The predicted octanol–water partition coefficient (Wildman–Crippen LogP) is 3.36. The molecule has 174 valence electrons. The molecule has 2 amide bonds. The summed E-state index contributed by atoms with van der Waals surface area (Å²) in [4.78, 5) is 31.4. The maximum absolute atomic E-state index is 12.7. The predicted molar refractivity (Wildman–Crippen MR) is 131 cm³/mol. The fourth-order valence-corrected chi connectivity index (χ4v) is 5.41. The minimum absolute atomic E-state index is 0.253. The summed E-state index contributed by atoms with van der Waals surface area (Å²) in [5.41, 5.74) is 1.83. The van der Waals surface area contributed by atoms with Crippen LogP contribution in [0, 0.1) is 0 Å². The zero-order chi connectivity index (χ0) is 23.5. The SMILES string of the molecule is CC(NC(=O)C(O)C(O)C(=O)N1CCC(c2nc3ccccc3s2)CC1)c1ccc(Br)cc1. The van der Waals surface area contributed by atoms with Crippen molar-refractivity contribution in [3.8, 4) is 0 Å². The van der Waals surface area contributed by atoms with Gasteiger partial charge in [0, 0.05) is 23.5 Å². The van der Waals surface area contributed by atoms with Crippen LogP contribution in [0.4, 0.5) is 0 Å². The highest BCUT2D eigenvalue weighted by Gasteiger charge is 2.36. The molecule has 9 heteroatoms. The molecule has 2 heterocycles. The number of para-hydroxylation sites is 1. The molecule has 3 atom stereocenters. The van der Waals surface area contributed by atoms with Gasteiger partial charge in [-0.25, -0.2) is 4.98 Å². The Morgan fingerprint density at radius 2 is 1.76 bits per heavy atom. The maximum Gasteiger partial charge on any atom is 0.254 e. The first-order valence-electron chi connectivity index (χ1n) is 10.9. The van der Waals surface area contributed by atoms with E-state index in [0.29, 0.717) is 13.1 Å². The van der Waals surface area contributed by atoms with Crippen molar-refractivity contribution < 1.29 is 19.8 Å². The third-order valence-corrected chi connectivity index (χ3v) is 7.74. The van der Waals surface area contributed by atoms with Crippen LogP contribution >= 0.6 is 27.3 Å². The molecule has 1 aliphatic heterocycles. The summed E-state index contributed by atoms with van der Waals surface area (Å²) < 4.78 is 2.06. The monoisotopic (exact) mass is 531 g/mol. The fourth-order valence-electron chi connectivity index (χ4n) is 4.01. The number of thiazole rings is 1. The number of amides is 2. The van der Waals surface area contributed by atoms with E-state index in [1.807, 2.05) is 42.5 Å². The number of halogens is 1. The van der Waals surface area contributed by atoms with E-state index in [1.54, 1.807) is 18.3 Å². The number of carbonyl (C=O) groups is 2. The van der Waals surface area contributed by atoms with E-state index >= 15 is 0 Å². The van der Waals surface area contributed by atoms with Gasteiger partial charge in [-0.2, -0.15) is 0 Å². The van der Waals surface area contributed by atoms with Gasteiger partial charge in [-0.1, -0.05) is 40.2 Å². The van der Waals surface area contributed by atoms with E-state index in [1.165, 1.54) is 4.90 Å². The van der Waals surface area contributed by atoms with Crippen LogP contribution in [0.15, 0.2) is 53.0 Å². The van der Waals surface area contributed by atoms with Crippen LogP contribution < -0.4 is 5.32 Å². The number of aromatic nitrogens is 1. The molecule has 1 saturated heterocycles. The van der Waals surface area contributed by atoms with Crippen LogP contribution in [0.5, 0.6) is 0 Å². The van der Waals surface area contributed by atoms with Gasteiger partial charge in [0.1, 0.15) is 0 Å². The summed E-state index contributed by atoms with van der Waals surface area (Å²) in [6, 6.07) is 15.0. The van der Waals surface area contributed by atoms with Crippen molar-refractivity contribution in [1.29, 1.82) is 0 Å². The van der Waals surface area contributed by atoms with E-state index in [0.717, 1.165) is 38.1 Å². The van der Waals surface area contributed by atoms with Gasteiger partial charge in [0.25, 0.3) is 11.8 Å². The Bertz CT molecular complexity index is 1100. The molecule has 7 nitrogen and oxygen atoms in total. The Kier molecular flexibility index (Phi) is 7.43. The summed E-state index contributed by atoms with van der Waals surface area (Å²) in [5.74, 6) is -1.16. The summed E-state index contributed by atoms with van der Waals surface area (Å²) in [7, 11) is 0. The van der Waals surface area contributed by atoms with Crippen molar-refractivity contribution >= 4 is 49.3 Å². The van der Waals surface area contributed by atoms with Gasteiger partial charge in [-0.05, 0) is 49.6 Å². The van der Waals surface area contributed by atoms with Crippen molar-refractivity contribution in [3.63, 3.8) is 0 Å². The summed E-state index contributed by atoms with van der Waals surface area (Å²) in [6.07, 6.45) is -2.19. The Morgan fingerprint density at radius 3 is 2.42 bits per heavy atom. The third-order valence-electron chi connectivity index (χ3n) is 6.02. The first-order valence-corrected chi connectivity index (χ1v) is 12.5. The molecule has 0 saturated carbocycles. The van der Waals surface area contributed by atoms with Gasteiger partial charge in [-0.3, -0.25) is 9.59 Å². The number of nitrogens with zero attached hydrogens (tertiary/aromatic N) is 2. The lowest BCUT2D eigenvalue weighted by Crippen LogP contribution is -2.52. The molecule has 3 N–H and O–H groups in total. The van der Waals surface area contributed by atoms with Crippen molar-refractivity contribution in [2.75, 3.05) is 13.1 Å². The van der Waals surface area contributed by atoms with Crippen LogP contribution in [0.2, 0.25) is 0 Å². The molecule has 3 unspecified atom stereocenters. The third kappa shape index (κ3) is 5.43. The molecule has 0 radical (unpaired) electrons. The number of benzene rings is 2. The van der Waals surface area contributed by atoms with E-state index < -0.39 is 24.0 Å². The van der Waals surface area contributed by atoms with E-state index in [4.69, 9.17) is 4.98 Å². The standard InChI is InChI=1S/C24H26BrN3O4S/c1-14(15-6-8-17(25)9-7-15)26-22(31)20(29)21(30)24(32)28-12-10-16(11-13-28)23-27-18-4-2-3-5-19(18)33-23/h2-9,14,16,20-21,29-30H,10-13H2,1H3,(H,26,31). The molecule has 4 rings (SSSR count). The minimum Gasteiger partial charge on any atom is -0.380 e. The number of aliphatic hydroxyl groups is 2. The minimum atomic E-state index is -1.84. The van der Waals surface area contributed by atoms with Crippen LogP contribution in [-0.2, 0) is 9.59 Å². The molecule has 0 spiro atoms. The van der Waals surface area contributed by atoms with Gasteiger partial charge in [0.2, 0.25) is 0 Å². The van der Waals surface area contributed by atoms with Crippen molar-refractivity contribution in [1.82, 2.24) is 15.2 Å². The number of carbonyl (C=O) groups excluding carboxylic acids is 2. The summed E-state index contributed by atoms with van der Waals surface area (Å²) in [6.45, 7) is 2.66. The second kappa shape index (κ2) is 10.3. The Hall–Kier alpha value is -2.33. The van der Waals surface area contributed by atoms with Crippen LogP contribution in [0.3, 0.4) is 0 Å². The van der Waals surface area contributed by atoms with E-state index in [2.05, 4.69) is 27.3 Å². The van der Waals surface area contributed by atoms with Crippen LogP contribution in [-0.4, -0.2) is 57.2 Å². The average molecular weight is 532 g/mol. The molecule has 3 aromatic rings. The Balaban J connectivity index is 1.31. The van der Waals surface area contributed by atoms with Crippen LogP contribution in [0.25, 0.3) is 10.2 Å². The smallest absolute Gasteiger partial charge is 0.254 e. The second-order valence-corrected chi connectivity index (χ2v) is 10.3. The first-order chi connectivity index (χ1) is 15.8. The average Bonchev–Trinajstić information content (AvgIpc) is 3.27. The molecule has 0 aliphatic carbocycles.